The van der Waals surface area contributed by atoms with Gasteiger partial charge in [0.2, 0.25) is 0 Å². The molecular weight excluding hydrogens is 482 g/mol. The highest BCUT2D eigenvalue weighted by Gasteiger charge is 2.27. The molecule has 1 atom stereocenters. The first-order valence-corrected chi connectivity index (χ1v) is 13.8. The van der Waals surface area contributed by atoms with Gasteiger partial charge in [-0.05, 0) is 64.5 Å². The average molecular weight is 528 g/mol. The van der Waals surface area contributed by atoms with Crippen LogP contribution in [0.4, 0.5) is 16.3 Å². The number of piperidine rings is 1. The van der Waals surface area contributed by atoms with E-state index in [4.69, 9.17) is 4.52 Å². The number of phenolic OH excluding ortho intramolecular Hbond substituents is 1. The van der Waals surface area contributed by atoms with Crippen LogP contribution in [-0.2, 0) is 12.0 Å². The molecule has 2 saturated heterocycles. The van der Waals surface area contributed by atoms with Crippen molar-refractivity contribution in [3.63, 3.8) is 0 Å². The van der Waals surface area contributed by atoms with Crippen LogP contribution in [0, 0.1) is 6.92 Å². The minimum atomic E-state index is -0.376. The van der Waals surface area contributed by atoms with Crippen molar-refractivity contribution >= 4 is 17.5 Å². The number of hydrogen-bond donors (Lipinski definition) is 4. The standard InChI is InChI=1S/C28H45N7O3/c1-19-22(18-34-11-9-21(10-12-34)35-15-13-33(6)14-16-35)24(36)8-7-23(19)29-20(2)30-27(37)31-26-17-25(38-32-26)28(3,4)5/h7-8,17,20-21,29,36H,9-16,18H2,1-6H3,(H2,30,31,32,37). The number of nitrogens with zero attached hydrogens (tertiary/aromatic N) is 4. The number of urea groups is 1. The Bertz CT molecular complexity index is 1080. The van der Waals surface area contributed by atoms with Crippen LogP contribution in [0.25, 0.3) is 0 Å². The fourth-order valence-electron chi connectivity index (χ4n) is 5.26. The summed E-state index contributed by atoms with van der Waals surface area (Å²) in [5.41, 5.74) is 2.62. The van der Waals surface area contributed by atoms with E-state index in [9.17, 15) is 9.90 Å². The second-order valence-electron chi connectivity index (χ2n) is 11.9. The van der Waals surface area contributed by atoms with Gasteiger partial charge in [-0.15, -0.1) is 0 Å². The maximum Gasteiger partial charge on any atom is 0.322 e. The molecule has 1 aromatic carbocycles. The van der Waals surface area contributed by atoms with Crippen LogP contribution in [0.15, 0.2) is 22.7 Å². The molecule has 38 heavy (non-hydrogen) atoms. The van der Waals surface area contributed by atoms with Crippen molar-refractivity contribution in [3.8, 4) is 5.75 Å². The summed E-state index contributed by atoms with van der Waals surface area (Å²) in [6, 6.07) is 5.62. The summed E-state index contributed by atoms with van der Waals surface area (Å²) in [5, 5.41) is 23.6. The molecule has 2 aromatic rings. The van der Waals surface area contributed by atoms with Crippen molar-refractivity contribution in [2.24, 2.45) is 0 Å². The number of likely N-dealkylation sites (tertiary alicyclic amines) is 1. The molecule has 2 amide bonds. The number of hydrogen-bond acceptors (Lipinski definition) is 8. The minimum Gasteiger partial charge on any atom is -0.508 e. The molecule has 0 radical (unpaired) electrons. The van der Waals surface area contributed by atoms with Gasteiger partial charge < -0.3 is 25.2 Å². The van der Waals surface area contributed by atoms with Crippen molar-refractivity contribution in [1.82, 2.24) is 25.2 Å². The Kier molecular flexibility index (Phi) is 8.85. The van der Waals surface area contributed by atoms with Crippen molar-refractivity contribution in [3.05, 3.63) is 35.1 Å². The van der Waals surface area contributed by atoms with E-state index in [-0.39, 0.29) is 17.6 Å². The molecular formula is C28H45N7O3. The normalized spacial score (nSPS) is 19.3. The van der Waals surface area contributed by atoms with Gasteiger partial charge in [-0.1, -0.05) is 25.9 Å². The molecule has 0 bridgehead atoms. The second-order valence-corrected chi connectivity index (χ2v) is 11.9. The predicted octanol–water partition coefficient (Wildman–Crippen LogP) is 3.78. The van der Waals surface area contributed by atoms with Crippen LogP contribution in [0.1, 0.15) is 57.4 Å². The fourth-order valence-corrected chi connectivity index (χ4v) is 5.26. The Morgan fingerprint density at radius 2 is 1.84 bits per heavy atom. The van der Waals surface area contributed by atoms with E-state index >= 15 is 0 Å². The third-order valence-corrected chi connectivity index (χ3v) is 7.78. The quantitative estimate of drug-likeness (QED) is 0.318. The number of nitrogens with one attached hydrogen (secondary N) is 3. The highest BCUT2D eigenvalue weighted by molar-refractivity contribution is 5.88. The predicted molar refractivity (Wildman–Crippen MR) is 151 cm³/mol. The molecule has 3 heterocycles. The summed E-state index contributed by atoms with van der Waals surface area (Å²) < 4.78 is 5.33. The third kappa shape index (κ3) is 7.18. The van der Waals surface area contributed by atoms with Crippen molar-refractivity contribution in [1.29, 1.82) is 0 Å². The zero-order valence-electron chi connectivity index (χ0n) is 23.8. The number of anilines is 2. The van der Waals surface area contributed by atoms with E-state index in [1.54, 1.807) is 12.1 Å². The van der Waals surface area contributed by atoms with E-state index in [1.165, 1.54) is 12.8 Å². The van der Waals surface area contributed by atoms with Crippen molar-refractivity contribution < 1.29 is 14.4 Å². The number of rotatable bonds is 7. The van der Waals surface area contributed by atoms with Crippen LogP contribution >= 0.6 is 0 Å². The average Bonchev–Trinajstić information content (AvgIpc) is 3.33. The van der Waals surface area contributed by atoms with Crippen LogP contribution in [0.3, 0.4) is 0 Å². The van der Waals surface area contributed by atoms with Gasteiger partial charge in [-0.25, -0.2) is 4.79 Å². The number of phenols is 1. The van der Waals surface area contributed by atoms with E-state index < -0.39 is 0 Å². The summed E-state index contributed by atoms with van der Waals surface area (Å²) in [7, 11) is 2.20. The molecule has 4 N–H and O–H groups in total. The zero-order valence-corrected chi connectivity index (χ0v) is 23.8. The molecule has 210 valence electrons. The highest BCUT2D eigenvalue weighted by Crippen LogP contribution is 2.30. The third-order valence-electron chi connectivity index (χ3n) is 7.78. The van der Waals surface area contributed by atoms with Gasteiger partial charge in [-0.2, -0.15) is 0 Å². The Balaban J connectivity index is 1.29. The number of carbonyl (C=O) groups is 1. The van der Waals surface area contributed by atoms with E-state index in [1.807, 2.05) is 40.7 Å². The molecule has 4 rings (SSSR count). The van der Waals surface area contributed by atoms with Crippen molar-refractivity contribution in [2.75, 3.05) is 56.9 Å². The van der Waals surface area contributed by atoms with Crippen LogP contribution < -0.4 is 16.0 Å². The molecule has 0 aliphatic carbocycles. The number of aromatic hydroxyl groups is 1. The fraction of sp³-hybridized carbons (Fsp3) is 0.643. The van der Waals surface area contributed by atoms with Gasteiger partial charge in [0, 0.05) is 61.5 Å². The van der Waals surface area contributed by atoms with Gasteiger partial charge in [0.25, 0.3) is 0 Å². The smallest absolute Gasteiger partial charge is 0.322 e. The number of piperazine rings is 1. The van der Waals surface area contributed by atoms with Crippen LogP contribution in [0.2, 0.25) is 0 Å². The van der Waals surface area contributed by atoms with Gasteiger partial charge in [0.15, 0.2) is 5.82 Å². The summed E-state index contributed by atoms with van der Waals surface area (Å²) in [6.07, 6.45) is 1.99. The highest BCUT2D eigenvalue weighted by atomic mass is 16.5. The SMILES string of the molecule is Cc1c(NC(C)NC(=O)Nc2cc(C(C)(C)C)on2)ccc(O)c1CN1CCC(N2CCN(C)CC2)CC1. The Morgan fingerprint density at radius 1 is 1.16 bits per heavy atom. The van der Waals surface area contributed by atoms with E-state index in [0.717, 1.165) is 56.1 Å². The molecule has 0 spiro atoms. The second kappa shape index (κ2) is 11.9. The number of likely N-dealkylation sites (N-methyl/N-ethyl adjacent to an activating group) is 1. The lowest BCUT2D eigenvalue weighted by molar-refractivity contribution is 0.0655. The maximum atomic E-state index is 12.5. The molecule has 2 fully saturated rings. The zero-order chi connectivity index (χ0) is 27.4. The molecule has 10 heteroatoms. The first-order chi connectivity index (χ1) is 18.0. The Morgan fingerprint density at radius 3 is 2.47 bits per heavy atom. The van der Waals surface area contributed by atoms with Gasteiger partial charge in [0.05, 0.1) is 6.17 Å². The van der Waals surface area contributed by atoms with Gasteiger partial charge in [0.1, 0.15) is 11.5 Å². The number of aromatic nitrogens is 1. The number of amides is 2. The summed E-state index contributed by atoms with van der Waals surface area (Å²) in [4.78, 5) is 20.0. The largest absolute Gasteiger partial charge is 0.508 e. The lowest BCUT2D eigenvalue weighted by Gasteiger charge is -2.42. The van der Waals surface area contributed by atoms with Crippen LogP contribution in [-0.4, -0.2) is 89.5 Å². The Hall–Kier alpha value is -2.82. The maximum absolute atomic E-state index is 12.5. The molecule has 2 aliphatic rings. The number of benzene rings is 1. The summed E-state index contributed by atoms with van der Waals surface area (Å²) >= 11 is 0. The Labute approximate surface area is 226 Å². The summed E-state index contributed by atoms with van der Waals surface area (Å²) in [5.74, 6) is 1.39. The van der Waals surface area contributed by atoms with Crippen molar-refractivity contribution in [2.45, 2.75) is 71.6 Å². The van der Waals surface area contributed by atoms with Gasteiger partial charge >= 0.3 is 6.03 Å². The topological polar surface area (TPSA) is 109 Å². The number of carbonyl (C=O) groups excluding carboxylic acids is 1. The van der Waals surface area contributed by atoms with E-state index in [0.29, 0.717) is 29.9 Å². The molecule has 1 aromatic heterocycles. The molecule has 2 aliphatic heterocycles. The first-order valence-electron chi connectivity index (χ1n) is 13.8. The first kappa shape index (κ1) is 28.2. The summed E-state index contributed by atoms with van der Waals surface area (Å²) in [6.45, 7) is 17.4. The monoisotopic (exact) mass is 527 g/mol. The molecule has 10 nitrogen and oxygen atoms in total. The molecule has 0 saturated carbocycles. The lowest BCUT2D eigenvalue weighted by Crippen LogP contribution is -2.52. The van der Waals surface area contributed by atoms with Gasteiger partial charge in [-0.3, -0.25) is 15.1 Å². The molecule has 1 unspecified atom stereocenters. The van der Waals surface area contributed by atoms with E-state index in [2.05, 4.69) is 42.9 Å². The minimum absolute atomic E-state index is 0.188. The van der Waals surface area contributed by atoms with Crippen LogP contribution in [0.5, 0.6) is 5.75 Å². The lowest BCUT2D eigenvalue weighted by atomic mass is 9.93.